The summed E-state index contributed by atoms with van der Waals surface area (Å²) in [6, 6.07) is 7.08. The number of benzene rings is 1. The van der Waals surface area contributed by atoms with Crippen LogP contribution in [0.15, 0.2) is 24.3 Å². The molecule has 3 N–H and O–H groups in total. The van der Waals surface area contributed by atoms with Gasteiger partial charge in [-0.05, 0) is 17.0 Å². The molecule has 5 nitrogen and oxygen atoms in total. The summed E-state index contributed by atoms with van der Waals surface area (Å²) < 4.78 is 25.8. The average molecular weight is 297 g/mol. The van der Waals surface area contributed by atoms with Gasteiger partial charge in [-0.2, -0.15) is 0 Å². The maximum absolute atomic E-state index is 12.2. The number of nitrogens with two attached hydrogens (primary N) is 1. The van der Waals surface area contributed by atoms with Crippen molar-refractivity contribution in [3.8, 4) is 0 Å². The Morgan fingerprint density at radius 3 is 2.45 bits per heavy atom. The Kier molecular flexibility index (Phi) is 4.94. The van der Waals surface area contributed by atoms with Crippen molar-refractivity contribution in [3.63, 3.8) is 0 Å². The van der Waals surface area contributed by atoms with Crippen LogP contribution in [0.1, 0.15) is 31.9 Å². The highest BCUT2D eigenvalue weighted by Gasteiger charge is 2.25. The minimum absolute atomic E-state index is 0.0212. The highest BCUT2D eigenvalue weighted by Crippen LogP contribution is 2.19. The van der Waals surface area contributed by atoms with E-state index in [1.807, 2.05) is 26.8 Å². The van der Waals surface area contributed by atoms with Crippen molar-refractivity contribution < 1.29 is 8.42 Å². The second kappa shape index (κ2) is 5.93. The van der Waals surface area contributed by atoms with E-state index in [2.05, 4.69) is 0 Å². The number of hydrogen-bond acceptors (Lipinski definition) is 3. The zero-order chi connectivity index (χ0) is 15.6. The number of nitrogens with one attached hydrogen (secondary N) is 1. The van der Waals surface area contributed by atoms with Gasteiger partial charge in [0, 0.05) is 19.2 Å². The molecule has 0 unspecified atom stereocenters. The van der Waals surface area contributed by atoms with Gasteiger partial charge in [0.05, 0.1) is 5.75 Å². The lowest BCUT2D eigenvalue weighted by molar-refractivity contribution is 0.420. The van der Waals surface area contributed by atoms with Crippen molar-refractivity contribution in [2.75, 3.05) is 12.8 Å². The van der Waals surface area contributed by atoms with Gasteiger partial charge in [-0.1, -0.05) is 39.0 Å². The van der Waals surface area contributed by atoms with E-state index in [0.29, 0.717) is 5.56 Å². The fraction of sp³-hybridized carbons (Fsp3) is 0.500. The largest absolute Gasteiger partial charge is 0.384 e. The van der Waals surface area contributed by atoms with Gasteiger partial charge in [-0.25, -0.2) is 12.7 Å². The van der Waals surface area contributed by atoms with Crippen molar-refractivity contribution in [2.45, 2.75) is 27.3 Å². The van der Waals surface area contributed by atoms with Crippen LogP contribution < -0.4 is 5.73 Å². The van der Waals surface area contributed by atoms with Gasteiger partial charge >= 0.3 is 0 Å². The van der Waals surface area contributed by atoms with Crippen LogP contribution in [0.2, 0.25) is 0 Å². The molecule has 6 heteroatoms. The van der Waals surface area contributed by atoms with Crippen molar-refractivity contribution in [1.29, 1.82) is 5.41 Å². The van der Waals surface area contributed by atoms with Crippen molar-refractivity contribution in [2.24, 2.45) is 11.1 Å². The van der Waals surface area contributed by atoms with Crippen LogP contribution in [-0.4, -0.2) is 31.4 Å². The third-order valence-corrected chi connectivity index (χ3v) is 5.04. The lowest BCUT2D eigenvalue weighted by Crippen LogP contribution is -2.33. The summed E-state index contributed by atoms with van der Waals surface area (Å²) >= 11 is 0. The lowest BCUT2D eigenvalue weighted by atomic mass is 10.0. The Bertz CT molecular complexity index is 589. The van der Waals surface area contributed by atoms with Crippen LogP contribution in [0.4, 0.5) is 0 Å². The van der Waals surface area contributed by atoms with E-state index in [0.717, 1.165) is 5.56 Å². The molecule has 0 bridgehead atoms. The van der Waals surface area contributed by atoms with Crippen LogP contribution in [-0.2, 0) is 16.6 Å². The van der Waals surface area contributed by atoms with E-state index in [1.54, 1.807) is 25.2 Å². The molecule has 0 aromatic heterocycles. The number of amidine groups is 1. The van der Waals surface area contributed by atoms with Crippen molar-refractivity contribution in [3.05, 3.63) is 35.4 Å². The SMILES string of the molecule is CN(Cc1cccc(C(=N)N)c1)S(=O)(=O)CC(C)(C)C. The highest BCUT2D eigenvalue weighted by molar-refractivity contribution is 7.89. The molecule has 0 saturated carbocycles. The first kappa shape index (κ1) is 16.7. The molecule has 0 aliphatic heterocycles. The van der Waals surface area contributed by atoms with E-state index in [-0.39, 0.29) is 23.5 Å². The summed E-state index contributed by atoms with van der Waals surface area (Å²) in [6.45, 7) is 5.97. The molecule has 0 spiro atoms. The summed E-state index contributed by atoms with van der Waals surface area (Å²) in [6.07, 6.45) is 0. The monoisotopic (exact) mass is 297 g/mol. The Morgan fingerprint density at radius 2 is 1.95 bits per heavy atom. The molecule has 0 aliphatic rings. The molecule has 20 heavy (non-hydrogen) atoms. The van der Waals surface area contributed by atoms with Gasteiger partial charge < -0.3 is 5.73 Å². The van der Waals surface area contributed by atoms with Gasteiger partial charge in [-0.15, -0.1) is 0 Å². The minimum atomic E-state index is -3.30. The van der Waals surface area contributed by atoms with Crippen molar-refractivity contribution in [1.82, 2.24) is 4.31 Å². The molecule has 0 heterocycles. The summed E-state index contributed by atoms with van der Waals surface area (Å²) in [5.74, 6) is 0.0788. The first-order valence-electron chi connectivity index (χ1n) is 6.39. The zero-order valence-corrected chi connectivity index (χ0v) is 13.3. The molecular weight excluding hydrogens is 274 g/mol. The second-order valence-corrected chi connectivity index (χ2v) is 8.26. The van der Waals surface area contributed by atoms with Crippen LogP contribution >= 0.6 is 0 Å². The van der Waals surface area contributed by atoms with E-state index >= 15 is 0 Å². The van der Waals surface area contributed by atoms with Gasteiger partial charge in [-0.3, -0.25) is 5.41 Å². The Balaban J connectivity index is 2.88. The summed E-state index contributed by atoms with van der Waals surface area (Å²) in [5.41, 5.74) is 6.57. The topological polar surface area (TPSA) is 87.2 Å². The predicted molar refractivity (Wildman–Crippen MR) is 82.2 cm³/mol. The minimum Gasteiger partial charge on any atom is -0.384 e. The molecule has 1 rings (SSSR count). The standard InChI is InChI=1S/C14H23N3O2S/c1-14(2,3)10-20(18,19)17(4)9-11-6-5-7-12(8-11)13(15)16/h5-8H,9-10H2,1-4H3,(H3,15,16). The molecule has 0 fully saturated rings. The average Bonchev–Trinajstić information content (AvgIpc) is 2.26. The van der Waals surface area contributed by atoms with E-state index in [4.69, 9.17) is 11.1 Å². The molecule has 1 aromatic carbocycles. The van der Waals surface area contributed by atoms with Gasteiger partial charge in [0.2, 0.25) is 10.0 Å². The summed E-state index contributed by atoms with van der Waals surface area (Å²) in [4.78, 5) is 0. The van der Waals surface area contributed by atoms with Crippen LogP contribution in [0.25, 0.3) is 0 Å². The summed E-state index contributed by atoms with van der Waals surface area (Å²) in [5, 5.41) is 7.40. The Hall–Kier alpha value is -1.40. The first-order chi connectivity index (χ1) is 9.01. The maximum atomic E-state index is 12.2. The van der Waals surface area contributed by atoms with Gasteiger partial charge in [0.1, 0.15) is 5.84 Å². The smallest absolute Gasteiger partial charge is 0.214 e. The number of nitrogens with zero attached hydrogens (tertiary/aromatic N) is 1. The molecule has 0 atom stereocenters. The zero-order valence-electron chi connectivity index (χ0n) is 12.5. The van der Waals surface area contributed by atoms with Crippen molar-refractivity contribution >= 4 is 15.9 Å². The maximum Gasteiger partial charge on any atom is 0.214 e. The van der Waals surface area contributed by atoms with Crippen LogP contribution in [0.3, 0.4) is 0 Å². The highest BCUT2D eigenvalue weighted by atomic mass is 32.2. The molecule has 0 aliphatic carbocycles. The normalized spacial score (nSPS) is 12.7. The fourth-order valence-corrected chi connectivity index (χ4v) is 3.51. The third kappa shape index (κ3) is 4.94. The predicted octanol–water partition coefficient (Wildman–Crippen LogP) is 1.78. The van der Waals surface area contributed by atoms with Crippen LogP contribution in [0, 0.1) is 10.8 Å². The fourth-order valence-electron chi connectivity index (χ4n) is 1.85. The van der Waals surface area contributed by atoms with E-state index < -0.39 is 10.0 Å². The Morgan fingerprint density at radius 1 is 1.35 bits per heavy atom. The Labute approximate surface area is 121 Å². The van der Waals surface area contributed by atoms with E-state index in [9.17, 15) is 8.42 Å². The lowest BCUT2D eigenvalue weighted by Gasteiger charge is -2.24. The van der Waals surface area contributed by atoms with Crippen LogP contribution in [0.5, 0.6) is 0 Å². The molecule has 0 radical (unpaired) electrons. The molecule has 0 amide bonds. The van der Waals surface area contributed by atoms with Gasteiger partial charge in [0.15, 0.2) is 0 Å². The molecule has 0 saturated heterocycles. The quantitative estimate of drug-likeness (QED) is 0.641. The second-order valence-electron chi connectivity index (χ2n) is 6.19. The summed E-state index contributed by atoms with van der Waals surface area (Å²) in [7, 11) is -1.73. The number of hydrogen-bond donors (Lipinski definition) is 2. The number of nitrogen functional groups attached to an aromatic ring is 1. The number of rotatable bonds is 5. The number of sulfonamides is 1. The molecular formula is C14H23N3O2S. The molecule has 1 aromatic rings. The van der Waals surface area contributed by atoms with E-state index in [1.165, 1.54) is 4.31 Å². The molecule has 112 valence electrons. The third-order valence-electron chi connectivity index (χ3n) is 2.73. The first-order valence-corrected chi connectivity index (χ1v) is 7.99. The van der Waals surface area contributed by atoms with Gasteiger partial charge in [0.25, 0.3) is 0 Å².